The summed E-state index contributed by atoms with van der Waals surface area (Å²) in [7, 11) is 1.53. The Labute approximate surface area is 110 Å². The zero-order valence-electron chi connectivity index (χ0n) is 10.5. The molecule has 5 nitrogen and oxygen atoms in total. The Bertz CT molecular complexity index is 656. The highest BCUT2D eigenvalue weighted by molar-refractivity contribution is 6.11. The van der Waals surface area contributed by atoms with Crippen LogP contribution in [0, 0.1) is 5.92 Å². The van der Waals surface area contributed by atoms with E-state index in [0.717, 1.165) is 18.2 Å². The minimum Gasteiger partial charge on any atom is -0.449 e. The molecule has 0 aliphatic heterocycles. The van der Waals surface area contributed by atoms with Gasteiger partial charge in [-0.15, -0.1) is 0 Å². The lowest BCUT2D eigenvalue weighted by Crippen LogP contribution is -2.21. The largest absolute Gasteiger partial charge is 0.449 e. The number of hydrogen-bond donors (Lipinski definition) is 2. The van der Waals surface area contributed by atoms with Crippen LogP contribution < -0.4 is 10.6 Å². The molecular formula is C14H14N2O3. The summed E-state index contributed by atoms with van der Waals surface area (Å²) in [6.45, 7) is 0. The van der Waals surface area contributed by atoms with Gasteiger partial charge in [0.2, 0.25) is 11.7 Å². The fraction of sp³-hybridized carbons (Fsp3) is 0.286. The molecule has 19 heavy (non-hydrogen) atoms. The maximum Gasteiger partial charge on any atom is 0.288 e. The third-order valence-corrected chi connectivity index (χ3v) is 3.23. The van der Waals surface area contributed by atoms with E-state index in [0.29, 0.717) is 11.3 Å². The summed E-state index contributed by atoms with van der Waals surface area (Å²) in [6, 6.07) is 7.27. The van der Waals surface area contributed by atoms with Crippen LogP contribution in [-0.2, 0) is 4.79 Å². The molecule has 1 aromatic heterocycles. The first-order valence-electron chi connectivity index (χ1n) is 6.25. The van der Waals surface area contributed by atoms with Crippen LogP contribution in [0.15, 0.2) is 28.7 Å². The van der Waals surface area contributed by atoms with Gasteiger partial charge in [-0.25, -0.2) is 0 Å². The van der Waals surface area contributed by atoms with Crippen LogP contribution in [0.4, 0.5) is 5.69 Å². The molecule has 2 N–H and O–H groups in total. The van der Waals surface area contributed by atoms with E-state index in [1.54, 1.807) is 6.07 Å². The predicted octanol–water partition coefficient (Wildman–Crippen LogP) is 2.14. The Kier molecular flexibility index (Phi) is 2.74. The number of rotatable bonds is 3. The fourth-order valence-electron chi connectivity index (χ4n) is 2.01. The number of amides is 2. The van der Waals surface area contributed by atoms with Crippen LogP contribution in [0.3, 0.4) is 0 Å². The molecule has 0 saturated heterocycles. The lowest BCUT2D eigenvalue weighted by Gasteiger charge is -2.04. The SMILES string of the molecule is CNC(=O)c1oc2ccccc2c1NC(=O)C1CC1. The highest BCUT2D eigenvalue weighted by Crippen LogP contribution is 2.34. The molecule has 0 spiro atoms. The Morgan fingerprint density at radius 3 is 2.68 bits per heavy atom. The van der Waals surface area contributed by atoms with Crippen molar-refractivity contribution in [2.45, 2.75) is 12.8 Å². The molecule has 2 aromatic rings. The molecular weight excluding hydrogens is 244 g/mol. The molecule has 5 heteroatoms. The molecule has 1 fully saturated rings. The smallest absolute Gasteiger partial charge is 0.288 e. The number of anilines is 1. The van der Waals surface area contributed by atoms with E-state index in [1.165, 1.54) is 7.05 Å². The predicted molar refractivity (Wildman–Crippen MR) is 71.0 cm³/mol. The lowest BCUT2D eigenvalue weighted by atomic mass is 10.2. The number of benzene rings is 1. The van der Waals surface area contributed by atoms with Crippen molar-refractivity contribution in [2.75, 3.05) is 12.4 Å². The van der Waals surface area contributed by atoms with Crippen molar-refractivity contribution < 1.29 is 14.0 Å². The monoisotopic (exact) mass is 258 g/mol. The Balaban J connectivity index is 2.07. The van der Waals surface area contributed by atoms with Gasteiger partial charge >= 0.3 is 0 Å². The first-order valence-corrected chi connectivity index (χ1v) is 6.25. The number of hydrogen-bond acceptors (Lipinski definition) is 3. The molecule has 98 valence electrons. The van der Waals surface area contributed by atoms with Gasteiger partial charge in [-0.1, -0.05) is 12.1 Å². The molecule has 0 unspecified atom stereocenters. The summed E-state index contributed by atoms with van der Waals surface area (Å²) in [4.78, 5) is 23.7. The van der Waals surface area contributed by atoms with Crippen LogP contribution in [-0.4, -0.2) is 18.9 Å². The second-order valence-electron chi connectivity index (χ2n) is 4.64. The molecule has 3 rings (SSSR count). The van der Waals surface area contributed by atoms with Gasteiger partial charge in [0.05, 0.1) is 0 Å². The van der Waals surface area contributed by atoms with Gasteiger partial charge in [0.25, 0.3) is 5.91 Å². The van der Waals surface area contributed by atoms with Crippen molar-refractivity contribution in [2.24, 2.45) is 5.92 Å². The number of para-hydroxylation sites is 1. The summed E-state index contributed by atoms with van der Waals surface area (Å²) in [6.07, 6.45) is 1.83. The van der Waals surface area contributed by atoms with Crippen LogP contribution in [0.1, 0.15) is 23.4 Å². The van der Waals surface area contributed by atoms with E-state index < -0.39 is 0 Å². The quantitative estimate of drug-likeness (QED) is 0.886. The second kappa shape index (κ2) is 4.42. The summed E-state index contributed by atoms with van der Waals surface area (Å²) in [5.74, 6) is -0.164. The molecule has 0 atom stereocenters. The minimum atomic E-state index is -0.345. The van der Waals surface area contributed by atoms with E-state index in [9.17, 15) is 9.59 Å². The number of furan rings is 1. The van der Waals surface area contributed by atoms with Crippen LogP contribution in [0.25, 0.3) is 11.0 Å². The van der Waals surface area contributed by atoms with Crippen LogP contribution >= 0.6 is 0 Å². The van der Waals surface area contributed by atoms with E-state index in [2.05, 4.69) is 10.6 Å². The van der Waals surface area contributed by atoms with Gasteiger partial charge in [-0.2, -0.15) is 0 Å². The first kappa shape index (κ1) is 11.8. The Morgan fingerprint density at radius 2 is 2.00 bits per heavy atom. The molecule has 1 saturated carbocycles. The van der Waals surface area contributed by atoms with Gasteiger partial charge in [0.15, 0.2) is 0 Å². The summed E-state index contributed by atoms with van der Waals surface area (Å²) < 4.78 is 5.53. The van der Waals surface area contributed by atoms with E-state index in [4.69, 9.17) is 4.42 Å². The number of fused-ring (bicyclic) bond motifs is 1. The molecule has 1 heterocycles. The van der Waals surface area contributed by atoms with Crippen LogP contribution in [0.5, 0.6) is 0 Å². The van der Waals surface area contributed by atoms with Crippen molar-refractivity contribution in [1.82, 2.24) is 5.32 Å². The number of carbonyl (C=O) groups is 2. The topological polar surface area (TPSA) is 71.3 Å². The van der Waals surface area contributed by atoms with Gasteiger partial charge in [0, 0.05) is 18.4 Å². The summed E-state index contributed by atoms with van der Waals surface area (Å²) in [5, 5.41) is 6.08. The highest BCUT2D eigenvalue weighted by atomic mass is 16.3. The van der Waals surface area contributed by atoms with Gasteiger partial charge < -0.3 is 15.1 Å². The van der Waals surface area contributed by atoms with Crippen molar-refractivity contribution in [3.8, 4) is 0 Å². The fourth-order valence-corrected chi connectivity index (χ4v) is 2.01. The third-order valence-electron chi connectivity index (χ3n) is 3.23. The average molecular weight is 258 g/mol. The van der Waals surface area contributed by atoms with E-state index in [-0.39, 0.29) is 23.5 Å². The zero-order chi connectivity index (χ0) is 13.4. The normalized spacial score (nSPS) is 14.4. The maximum absolute atomic E-state index is 11.9. The standard InChI is InChI=1S/C14H14N2O3/c1-15-14(18)12-11(16-13(17)8-6-7-8)9-4-2-3-5-10(9)19-12/h2-5,8H,6-7H2,1H3,(H,15,18)(H,16,17). The summed E-state index contributed by atoms with van der Waals surface area (Å²) in [5.41, 5.74) is 1.05. The number of nitrogens with one attached hydrogen (secondary N) is 2. The van der Waals surface area contributed by atoms with E-state index in [1.807, 2.05) is 18.2 Å². The van der Waals surface area contributed by atoms with Crippen molar-refractivity contribution in [3.63, 3.8) is 0 Å². The molecule has 0 bridgehead atoms. The molecule has 1 aromatic carbocycles. The number of carbonyl (C=O) groups excluding carboxylic acids is 2. The van der Waals surface area contributed by atoms with E-state index >= 15 is 0 Å². The molecule has 1 aliphatic rings. The van der Waals surface area contributed by atoms with Gasteiger partial charge in [-0.05, 0) is 25.0 Å². The van der Waals surface area contributed by atoms with Gasteiger partial charge in [-0.3, -0.25) is 9.59 Å². The second-order valence-corrected chi connectivity index (χ2v) is 4.64. The van der Waals surface area contributed by atoms with Crippen molar-refractivity contribution in [1.29, 1.82) is 0 Å². The van der Waals surface area contributed by atoms with Crippen LogP contribution in [0.2, 0.25) is 0 Å². The molecule has 0 radical (unpaired) electrons. The Hall–Kier alpha value is -2.30. The van der Waals surface area contributed by atoms with Crippen molar-refractivity contribution >= 4 is 28.5 Å². The minimum absolute atomic E-state index is 0.0447. The maximum atomic E-state index is 11.9. The third kappa shape index (κ3) is 2.07. The lowest BCUT2D eigenvalue weighted by molar-refractivity contribution is -0.117. The molecule has 1 aliphatic carbocycles. The molecule has 2 amide bonds. The average Bonchev–Trinajstić information content (AvgIpc) is 3.22. The highest BCUT2D eigenvalue weighted by Gasteiger charge is 2.31. The van der Waals surface area contributed by atoms with Crippen molar-refractivity contribution in [3.05, 3.63) is 30.0 Å². The zero-order valence-corrected chi connectivity index (χ0v) is 10.5. The summed E-state index contributed by atoms with van der Waals surface area (Å²) >= 11 is 0. The first-order chi connectivity index (χ1) is 9.20. The Morgan fingerprint density at radius 1 is 1.26 bits per heavy atom. The van der Waals surface area contributed by atoms with Gasteiger partial charge in [0.1, 0.15) is 11.3 Å².